The average Bonchev–Trinajstić information content (AvgIpc) is 3.27. The summed E-state index contributed by atoms with van der Waals surface area (Å²) in [5.41, 5.74) is 3.55. The molecule has 1 saturated heterocycles. The van der Waals surface area contributed by atoms with E-state index in [4.69, 9.17) is 0 Å². The van der Waals surface area contributed by atoms with Gasteiger partial charge in [0.1, 0.15) is 6.33 Å². The van der Waals surface area contributed by atoms with E-state index in [1.54, 1.807) is 17.1 Å². The lowest BCUT2D eigenvalue weighted by molar-refractivity contribution is -0.126. The number of amides is 1. The normalized spacial score (nSPS) is 14.4. The molecule has 3 heterocycles. The molecule has 0 radical (unpaired) electrons. The summed E-state index contributed by atoms with van der Waals surface area (Å²) in [5, 5.41) is 8.67. The van der Waals surface area contributed by atoms with Crippen LogP contribution in [0.3, 0.4) is 0 Å². The van der Waals surface area contributed by atoms with Crippen LogP contribution in [-0.2, 0) is 11.3 Å². The van der Waals surface area contributed by atoms with Crippen molar-refractivity contribution in [2.75, 3.05) is 31.1 Å². The third kappa shape index (κ3) is 4.20. The molecule has 0 saturated carbocycles. The van der Waals surface area contributed by atoms with Crippen LogP contribution in [0.1, 0.15) is 11.1 Å². The molecular weight excluding hydrogens is 402 g/mol. The van der Waals surface area contributed by atoms with Crippen LogP contribution in [0.5, 0.6) is 0 Å². The molecule has 0 spiro atoms. The van der Waals surface area contributed by atoms with Crippen molar-refractivity contribution < 1.29 is 4.79 Å². The summed E-state index contributed by atoms with van der Waals surface area (Å²) in [4.78, 5) is 25.5. The average molecular weight is 425 g/mol. The van der Waals surface area contributed by atoms with E-state index in [-0.39, 0.29) is 5.91 Å². The van der Waals surface area contributed by atoms with Gasteiger partial charge in [0.2, 0.25) is 5.91 Å². The Labute approximate surface area is 185 Å². The highest BCUT2D eigenvalue weighted by molar-refractivity contribution is 5.92. The molecule has 1 aliphatic heterocycles. The summed E-state index contributed by atoms with van der Waals surface area (Å²) < 4.78 is 1.80. The summed E-state index contributed by atoms with van der Waals surface area (Å²) in [6.45, 7) is 3.22. The minimum atomic E-state index is 0.0233. The fourth-order valence-corrected chi connectivity index (χ4v) is 3.85. The summed E-state index contributed by atoms with van der Waals surface area (Å²) in [5.74, 6) is 0.788. The lowest BCUT2D eigenvalue weighted by Crippen LogP contribution is -2.48. The SMILES string of the molecule is O=C(/C=C/c1ccccc1)N1CCN(c2ncnc3c2nnn3Cc2ccccc2)CC1. The predicted molar refractivity (Wildman–Crippen MR) is 123 cm³/mol. The standard InChI is InChI=1S/C24H23N7O/c32-21(12-11-19-7-3-1-4-8-19)29-13-15-30(16-14-29)23-22-24(26-18-25-23)31(28-27-22)17-20-9-5-2-6-10-20/h1-12,18H,13-17H2/b12-11+. The van der Waals surface area contributed by atoms with Gasteiger partial charge >= 0.3 is 0 Å². The molecule has 8 nitrogen and oxygen atoms in total. The maximum Gasteiger partial charge on any atom is 0.246 e. The van der Waals surface area contributed by atoms with Gasteiger partial charge in [0.15, 0.2) is 17.0 Å². The van der Waals surface area contributed by atoms with Crippen molar-refractivity contribution in [2.24, 2.45) is 0 Å². The van der Waals surface area contributed by atoms with Crippen molar-refractivity contribution in [1.29, 1.82) is 0 Å². The van der Waals surface area contributed by atoms with Crippen LogP contribution in [-0.4, -0.2) is 61.9 Å². The maximum atomic E-state index is 12.6. The summed E-state index contributed by atoms with van der Waals surface area (Å²) in [6.07, 6.45) is 5.05. The van der Waals surface area contributed by atoms with Crippen LogP contribution < -0.4 is 4.90 Å². The van der Waals surface area contributed by atoms with Gasteiger partial charge in [-0.15, -0.1) is 5.10 Å². The Kier molecular flexibility index (Phi) is 5.57. The minimum Gasteiger partial charge on any atom is -0.351 e. The van der Waals surface area contributed by atoms with Gasteiger partial charge in [-0.2, -0.15) is 0 Å². The minimum absolute atomic E-state index is 0.0233. The Hall–Kier alpha value is -4.07. The second-order valence-corrected chi connectivity index (χ2v) is 7.66. The first-order valence-electron chi connectivity index (χ1n) is 10.6. The van der Waals surface area contributed by atoms with Crippen LogP contribution in [0, 0.1) is 0 Å². The molecule has 2 aromatic heterocycles. The van der Waals surface area contributed by atoms with E-state index in [9.17, 15) is 4.79 Å². The zero-order valence-electron chi connectivity index (χ0n) is 17.6. The van der Waals surface area contributed by atoms with Crippen molar-refractivity contribution in [3.8, 4) is 0 Å². The molecular formula is C24H23N7O. The van der Waals surface area contributed by atoms with Gasteiger partial charge in [0.25, 0.3) is 0 Å². The molecule has 8 heteroatoms. The fraction of sp³-hybridized carbons (Fsp3) is 0.208. The number of rotatable bonds is 5. The van der Waals surface area contributed by atoms with Crippen LogP contribution in [0.2, 0.25) is 0 Å². The number of aromatic nitrogens is 5. The number of hydrogen-bond donors (Lipinski definition) is 0. The lowest BCUT2D eigenvalue weighted by atomic mass is 10.2. The van der Waals surface area contributed by atoms with Crippen LogP contribution in [0.4, 0.5) is 5.82 Å². The Balaban J connectivity index is 1.27. The number of benzene rings is 2. The molecule has 160 valence electrons. The third-order valence-corrected chi connectivity index (χ3v) is 5.56. The quantitative estimate of drug-likeness (QED) is 0.458. The molecule has 0 unspecified atom stereocenters. The van der Waals surface area contributed by atoms with Gasteiger partial charge in [-0.1, -0.05) is 65.9 Å². The summed E-state index contributed by atoms with van der Waals surface area (Å²) in [7, 11) is 0. The van der Waals surface area contributed by atoms with E-state index in [1.807, 2.05) is 59.5 Å². The molecule has 1 aliphatic rings. The Bertz CT molecular complexity index is 1230. The second-order valence-electron chi connectivity index (χ2n) is 7.66. The fourth-order valence-electron chi connectivity index (χ4n) is 3.85. The van der Waals surface area contributed by atoms with E-state index in [2.05, 4.69) is 37.3 Å². The number of hydrogen-bond acceptors (Lipinski definition) is 6. The zero-order valence-corrected chi connectivity index (χ0v) is 17.6. The zero-order chi connectivity index (χ0) is 21.8. The van der Waals surface area contributed by atoms with Crippen molar-refractivity contribution in [3.63, 3.8) is 0 Å². The number of nitrogens with zero attached hydrogens (tertiary/aromatic N) is 7. The molecule has 1 fully saturated rings. The maximum absolute atomic E-state index is 12.6. The smallest absolute Gasteiger partial charge is 0.246 e. The number of carbonyl (C=O) groups excluding carboxylic acids is 1. The lowest BCUT2D eigenvalue weighted by Gasteiger charge is -2.34. The van der Waals surface area contributed by atoms with Crippen LogP contribution in [0.15, 0.2) is 73.1 Å². The number of anilines is 1. The van der Waals surface area contributed by atoms with Crippen LogP contribution >= 0.6 is 0 Å². The van der Waals surface area contributed by atoms with Gasteiger partial charge in [-0.25, -0.2) is 14.6 Å². The molecule has 0 atom stereocenters. The second kappa shape index (κ2) is 8.97. The van der Waals surface area contributed by atoms with E-state index in [1.165, 1.54) is 0 Å². The van der Waals surface area contributed by atoms with E-state index < -0.39 is 0 Å². The molecule has 0 N–H and O–H groups in total. The third-order valence-electron chi connectivity index (χ3n) is 5.56. The van der Waals surface area contributed by atoms with Crippen LogP contribution in [0.25, 0.3) is 17.2 Å². The monoisotopic (exact) mass is 425 g/mol. The molecule has 0 aliphatic carbocycles. The van der Waals surface area contributed by atoms with E-state index in [0.29, 0.717) is 43.9 Å². The number of carbonyl (C=O) groups is 1. The molecule has 4 aromatic rings. The molecule has 1 amide bonds. The first kappa shape index (κ1) is 19.9. The first-order valence-corrected chi connectivity index (χ1v) is 10.6. The largest absolute Gasteiger partial charge is 0.351 e. The van der Waals surface area contributed by atoms with Gasteiger partial charge in [-0.3, -0.25) is 4.79 Å². The van der Waals surface area contributed by atoms with Gasteiger partial charge < -0.3 is 9.80 Å². The molecule has 2 aromatic carbocycles. The van der Waals surface area contributed by atoms with Crippen molar-refractivity contribution in [2.45, 2.75) is 6.54 Å². The highest BCUT2D eigenvalue weighted by atomic mass is 16.2. The topological polar surface area (TPSA) is 80.0 Å². The Morgan fingerprint density at radius 1 is 0.906 bits per heavy atom. The number of piperazine rings is 1. The van der Waals surface area contributed by atoms with Crippen molar-refractivity contribution >= 4 is 29.0 Å². The first-order chi connectivity index (χ1) is 15.8. The highest BCUT2D eigenvalue weighted by Crippen LogP contribution is 2.22. The van der Waals surface area contributed by atoms with Crippen molar-refractivity contribution in [1.82, 2.24) is 29.9 Å². The van der Waals surface area contributed by atoms with Gasteiger partial charge in [0.05, 0.1) is 6.54 Å². The molecule has 32 heavy (non-hydrogen) atoms. The highest BCUT2D eigenvalue weighted by Gasteiger charge is 2.23. The van der Waals surface area contributed by atoms with E-state index >= 15 is 0 Å². The molecule has 0 bridgehead atoms. The van der Waals surface area contributed by atoms with Gasteiger partial charge in [0, 0.05) is 32.3 Å². The predicted octanol–water partition coefficient (Wildman–Crippen LogP) is 2.63. The van der Waals surface area contributed by atoms with Crippen molar-refractivity contribution in [3.05, 3.63) is 84.2 Å². The Morgan fingerprint density at radius 3 is 2.38 bits per heavy atom. The molecule has 5 rings (SSSR count). The Morgan fingerprint density at radius 2 is 1.62 bits per heavy atom. The summed E-state index contributed by atoms with van der Waals surface area (Å²) in [6, 6.07) is 19.9. The van der Waals surface area contributed by atoms with E-state index in [0.717, 1.165) is 16.9 Å². The summed E-state index contributed by atoms with van der Waals surface area (Å²) >= 11 is 0. The number of fused-ring (bicyclic) bond motifs is 1. The van der Waals surface area contributed by atoms with Gasteiger partial charge in [-0.05, 0) is 17.2 Å².